The second-order valence-electron chi connectivity index (χ2n) is 4.85. The van der Waals surface area contributed by atoms with Crippen LogP contribution in [0.25, 0.3) is 0 Å². The largest absolute Gasteiger partial charge is 0.349 e. The third-order valence-corrected chi connectivity index (χ3v) is 3.94. The van der Waals surface area contributed by atoms with Crippen LogP contribution in [0.4, 0.5) is 0 Å². The fourth-order valence-electron chi connectivity index (χ4n) is 2.12. The molecule has 6 heteroatoms. The minimum atomic E-state index is -0.229. The third-order valence-electron chi connectivity index (χ3n) is 3.30. The summed E-state index contributed by atoms with van der Waals surface area (Å²) in [6.07, 6.45) is 0.691. The van der Waals surface area contributed by atoms with Crippen LogP contribution in [-0.4, -0.2) is 23.3 Å². The number of nitrogens with zero attached hydrogens (tertiary/aromatic N) is 1. The highest BCUT2D eigenvalue weighted by Gasteiger charge is 2.18. The minimum absolute atomic E-state index is 0.0215. The van der Waals surface area contributed by atoms with Gasteiger partial charge < -0.3 is 10.6 Å². The monoisotopic (exact) mass is 317 g/mol. The maximum absolute atomic E-state index is 12.2. The van der Waals surface area contributed by atoms with Gasteiger partial charge in [0.05, 0.1) is 30.2 Å². The van der Waals surface area contributed by atoms with Gasteiger partial charge in [0.25, 0.3) is 0 Å². The summed E-state index contributed by atoms with van der Waals surface area (Å²) in [5.74, 6) is -0.575. The van der Waals surface area contributed by atoms with Crippen molar-refractivity contribution in [1.29, 1.82) is 0 Å². The van der Waals surface area contributed by atoms with Crippen molar-refractivity contribution < 1.29 is 9.59 Å². The number of aromatic nitrogens is 1. The van der Waals surface area contributed by atoms with Crippen LogP contribution in [0.2, 0.25) is 0 Å². The van der Waals surface area contributed by atoms with Gasteiger partial charge in [-0.05, 0) is 12.0 Å². The number of nitrogens with one attached hydrogen (secondary N) is 2. The molecular weight excluding hydrogens is 298 g/mol. The van der Waals surface area contributed by atoms with Gasteiger partial charge in [-0.15, -0.1) is 11.3 Å². The van der Waals surface area contributed by atoms with E-state index in [1.807, 2.05) is 42.6 Å². The fraction of sp³-hybridized carbons (Fsp3) is 0.312. The van der Waals surface area contributed by atoms with Crippen LogP contribution in [0.1, 0.15) is 30.5 Å². The Hall–Kier alpha value is -2.21. The number of amides is 2. The second-order valence-corrected chi connectivity index (χ2v) is 5.56. The Balaban J connectivity index is 1.79. The smallest absolute Gasteiger partial charge is 0.239 e. The number of thiazole rings is 1. The highest BCUT2D eigenvalue weighted by atomic mass is 32.1. The molecule has 1 aromatic carbocycles. The number of benzene rings is 1. The molecule has 0 bridgehead atoms. The van der Waals surface area contributed by atoms with E-state index >= 15 is 0 Å². The Morgan fingerprint density at radius 1 is 1.23 bits per heavy atom. The van der Waals surface area contributed by atoms with E-state index in [0.29, 0.717) is 13.0 Å². The average Bonchev–Trinajstić information content (AvgIpc) is 3.06. The molecule has 0 saturated carbocycles. The van der Waals surface area contributed by atoms with Crippen LogP contribution in [0.3, 0.4) is 0 Å². The molecule has 0 spiro atoms. The molecular formula is C16H19N3O2S. The molecule has 0 fully saturated rings. The lowest BCUT2D eigenvalue weighted by Gasteiger charge is -2.15. The predicted octanol–water partition coefficient (Wildman–Crippen LogP) is 2.07. The molecule has 0 saturated heterocycles. The second kappa shape index (κ2) is 8.29. The standard InChI is InChI=1S/C16H19N3O2S/c1-2-14(12-6-4-3-5-7-12)16(21)18-9-15(20)17-8-13-10-22-11-19-13/h3-7,10-11,14H,2,8-9H2,1H3,(H,17,20)(H,18,21). The third kappa shape index (κ3) is 4.66. The first-order valence-corrected chi connectivity index (χ1v) is 8.11. The lowest BCUT2D eigenvalue weighted by Crippen LogP contribution is -2.38. The number of carbonyl (C=O) groups is 2. The van der Waals surface area contributed by atoms with E-state index in [9.17, 15) is 9.59 Å². The summed E-state index contributed by atoms with van der Waals surface area (Å²) in [4.78, 5) is 28.0. The zero-order valence-corrected chi connectivity index (χ0v) is 13.2. The Morgan fingerprint density at radius 3 is 2.64 bits per heavy atom. The van der Waals surface area contributed by atoms with E-state index in [1.54, 1.807) is 5.51 Å². The molecule has 0 radical (unpaired) electrons. The molecule has 2 rings (SSSR count). The normalized spacial score (nSPS) is 11.7. The first kappa shape index (κ1) is 16.2. The van der Waals surface area contributed by atoms with E-state index in [1.165, 1.54) is 11.3 Å². The molecule has 1 heterocycles. The van der Waals surface area contributed by atoms with Gasteiger partial charge in [0.1, 0.15) is 0 Å². The summed E-state index contributed by atoms with van der Waals surface area (Å²) in [7, 11) is 0. The van der Waals surface area contributed by atoms with Crippen LogP contribution >= 0.6 is 11.3 Å². The molecule has 2 amide bonds. The van der Waals surface area contributed by atoms with Crippen molar-refractivity contribution in [2.24, 2.45) is 0 Å². The van der Waals surface area contributed by atoms with E-state index in [0.717, 1.165) is 11.3 Å². The highest BCUT2D eigenvalue weighted by Crippen LogP contribution is 2.18. The highest BCUT2D eigenvalue weighted by molar-refractivity contribution is 7.07. The fourth-order valence-corrected chi connectivity index (χ4v) is 2.68. The molecule has 1 aromatic heterocycles. The topological polar surface area (TPSA) is 71.1 Å². The number of hydrogen-bond acceptors (Lipinski definition) is 4. The van der Waals surface area contributed by atoms with Gasteiger partial charge in [0, 0.05) is 5.38 Å². The summed E-state index contributed by atoms with van der Waals surface area (Å²) < 4.78 is 0. The van der Waals surface area contributed by atoms with E-state index in [2.05, 4.69) is 15.6 Å². The quantitative estimate of drug-likeness (QED) is 0.821. The summed E-state index contributed by atoms with van der Waals surface area (Å²) in [6.45, 7) is 2.32. The Bertz CT molecular complexity index is 599. The summed E-state index contributed by atoms with van der Waals surface area (Å²) in [5.41, 5.74) is 3.50. The van der Waals surface area contributed by atoms with Gasteiger partial charge in [0.15, 0.2) is 0 Å². The number of rotatable bonds is 7. The molecule has 116 valence electrons. The molecule has 1 unspecified atom stereocenters. The molecule has 2 N–H and O–H groups in total. The van der Waals surface area contributed by atoms with Crippen molar-refractivity contribution in [3.05, 3.63) is 52.5 Å². The Labute approximate surface area is 133 Å². The first-order valence-electron chi connectivity index (χ1n) is 7.17. The molecule has 0 aliphatic rings. The summed E-state index contributed by atoms with van der Waals surface area (Å²) >= 11 is 1.48. The van der Waals surface area contributed by atoms with Crippen molar-refractivity contribution in [2.75, 3.05) is 6.54 Å². The van der Waals surface area contributed by atoms with Crippen LogP contribution in [0, 0.1) is 0 Å². The zero-order chi connectivity index (χ0) is 15.8. The van der Waals surface area contributed by atoms with Crippen LogP contribution in [-0.2, 0) is 16.1 Å². The maximum Gasteiger partial charge on any atom is 0.239 e. The van der Waals surface area contributed by atoms with Crippen molar-refractivity contribution in [3.8, 4) is 0 Å². The van der Waals surface area contributed by atoms with Crippen LogP contribution in [0.5, 0.6) is 0 Å². The molecule has 0 aliphatic heterocycles. The summed E-state index contributed by atoms with van der Waals surface area (Å²) in [6, 6.07) is 9.59. The zero-order valence-electron chi connectivity index (χ0n) is 12.4. The van der Waals surface area contributed by atoms with Crippen molar-refractivity contribution in [1.82, 2.24) is 15.6 Å². The van der Waals surface area contributed by atoms with E-state index in [4.69, 9.17) is 0 Å². The van der Waals surface area contributed by atoms with Crippen LogP contribution in [0.15, 0.2) is 41.2 Å². The molecule has 2 aromatic rings. The first-order chi connectivity index (χ1) is 10.7. The minimum Gasteiger partial charge on any atom is -0.349 e. The molecule has 5 nitrogen and oxygen atoms in total. The SMILES string of the molecule is CCC(C(=O)NCC(=O)NCc1cscn1)c1ccccc1. The van der Waals surface area contributed by atoms with Gasteiger partial charge in [-0.3, -0.25) is 9.59 Å². The predicted molar refractivity (Wildman–Crippen MR) is 86.4 cm³/mol. The van der Waals surface area contributed by atoms with E-state index in [-0.39, 0.29) is 24.3 Å². The van der Waals surface area contributed by atoms with E-state index < -0.39 is 0 Å². The maximum atomic E-state index is 12.2. The van der Waals surface area contributed by atoms with Crippen molar-refractivity contribution in [2.45, 2.75) is 25.8 Å². The molecule has 22 heavy (non-hydrogen) atoms. The summed E-state index contributed by atoms with van der Waals surface area (Å²) in [5, 5.41) is 7.30. The van der Waals surface area contributed by atoms with Crippen molar-refractivity contribution in [3.63, 3.8) is 0 Å². The number of carbonyl (C=O) groups excluding carboxylic acids is 2. The molecule has 0 aliphatic carbocycles. The Morgan fingerprint density at radius 2 is 2.00 bits per heavy atom. The van der Waals surface area contributed by atoms with Gasteiger partial charge >= 0.3 is 0 Å². The molecule has 1 atom stereocenters. The van der Waals surface area contributed by atoms with Crippen molar-refractivity contribution >= 4 is 23.2 Å². The van der Waals surface area contributed by atoms with Gasteiger partial charge in [-0.1, -0.05) is 37.3 Å². The lowest BCUT2D eigenvalue weighted by molar-refractivity contribution is -0.127. The van der Waals surface area contributed by atoms with Gasteiger partial charge in [0.2, 0.25) is 11.8 Å². The lowest BCUT2D eigenvalue weighted by atomic mass is 9.96. The number of hydrogen-bond donors (Lipinski definition) is 2. The van der Waals surface area contributed by atoms with Gasteiger partial charge in [-0.25, -0.2) is 4.98 Å². The Kier molecular flexibility index (Phi) is 6.09. The van der Waals surface area contributed by atoms with Gasteiger partial charge in [-0.2, -0.15) is 0 Å². The average molecular weight is 317 g/mol. The van der Waals surface area contributed by atoms with Crippen LogP contribution < -0.4 is 10.6 Å².